The summed E-state index contributed by atoms with van der Waals surface area (Å²) >= 11 is 0. The number of likely N-dealkylation sites (tertiary alicyclic amines) is 1. The second-order valence-corrected chi connectivity index (χ2v) is 7.56. The smallest absolute Gasteiger partial charge is 0.194 e. The van der Waals surface area contributed by atoms with Crippen LogP contribution in [0.2, 0.25) is 0 Å². The first-order valence-electron chi connectivity index (χ1n) is 9.46. The second kappa shape index (κ2) is 9.90. The van der Waals surface area contributed by atoms with Crippen molar-refractivity contribution in [3.05, 3.63) is 35.9 Å². The first-order chi connectivity index (χ1) is 12.1. The SMILES string of the molecule is CCNC(=NCC(c1ccccc1)N(C)C)N1CCC2(CCOC2)C1.I. The Morgan fingerprint density at radius 2 is 2.08 bits per heavy atom. The van der Waals surface area contributed by atoms with E-state index in [2.05, 4.69) is 66.5 Å². The fourth-order valence-corrected chi connectivity index (χ4v) is 3.93. The number of halogens is 1. The van der Waals surface area contributed by atoms with Gasteiger partial charge in [-0.1, -0.05) is 30.3 Å². The second-order valence-electron chi connectivity index (χ2n) is 7.56. The number of benzene rings is 1. The van der Waals surface area contributed by atoms with Crippen molar-refractivity contribution in [2.24, 2.45) is 10.4 Å². The molecular formula is C20H33IN4O. The topological polar surface area (TPSA) is 40.1 Å². The summed E-state index contributed by atoms with van der Waals surface area (Å²) in [6.07, 6.45) is 2.40. The molecule has 2 atom stereocenters. The predicted octanol–water partition coefficient (Wildman–Crippen LogP) is 2.99. The van der Waals surface area contributed by atoms with E-state index in [4.69, 9.17) is 9.73 Å². The summed E-state index contributed by atoms with van der Waals surface area (Å²) in [4.78, 5) is 9.67. The lowest BCUT2D eigenvalue weighted by atomic mass is 9.87. The van der Waals surface area contributed by atoms with Gasteiger partial charge in [-0.15, -0.1) is 24.0 Å². The van der Waals surface area contributed by atoms with Crippen LogP contribution in [0.4, 0.5) is 0 Å². The Kier molecular flexibility index (Phi) is 8.16. The monoisotopic (exact) mass is 472 g/mol. The fraction of sp³-hybridized carbons (Fsp3) is 0.650. The standard InChI is InChI=1S/C20H32N4O.HI/c1-4-21-19(24-12-10-20(15-24)11-13-25-16-20)22-14-18(23(2)3)17-8-6-5-7-9-17;/h5-9,18H,4,10-16H2,1-3H3,(H,21,22);1H. The van der Waals surface area contributed by atoms with E-state index in [9.17, 15) is 0 Å². The molecule has 1 N–H and O–H groups in total. The maximum atomic E-state index is 5.66. The number of rotatable bonds is 5. The lowest BCUT2D eigenvalue weighted by Crippen LogP contribution is -2.42. The largest absolute Gasteiger partial charge is 0.381 e. The van der Waals surface area contributed by atoms with E-state index in [1.807, 2.05) is 0 Å². The molecule has 5 nitrogen and oxygen atoms in total. The summed E-state index contributed by atoms with van der Waals surface area (Å²) in [6, 6.07) is 10.9. The van der Waals surface area contributed by atoms with Crippen LogP contribution in [0.3, 0.4) is 0 Å². The lowest BCUT2D eigenvalue weighted by molar-refractivity contribution is 0.156. The summed E-state index contributed by atoms with van der Waals surface area (Å²) in [5.41, 5.74) is 1.67. The van der Waals surface area contributed by atoms with Crippen molar-refractivity contribution in [2.45, 2.75) is 25.8 Å². The average molecular weight is 472 g/mol. The van der Waals surface area contributed by atoms with E-state index in [1.165, 1.54) is 18.4 Å². The van der Waals surface area contributed by atoms with Crippen LogP contribution in [-0.2, 0) is 4.74 Å². The van der Waals surface area contributed by atoms with E-state index in [0.717, 1.165) is 45.4 Å². The Hall–Kier alpha value is -0.860. The third-order valence-corrected chi connectivity index (χ3v) is 5.48. The van der Waals surface area contributed by atoms with E-state index in [0.29, 0.717) is 11.5 Å². The highest BCUT2D eigenvalue weighted by Crippen LogP contribution is 2.38. The highest BCUT2D eigenvalue weighted by atomic mass is 127. The van der Waals surface area contributed by atoms with Crippen molar-refractivity contribution in [2.75, 3.05) is 53.5 Å². The summed E-state index contributed by atoms with van der Waals surface area (Å²) in [5.74, 6) is 1.05. The molecule has 2 unspecified atom stereocenters. The Balaban J connectivity index is 0.00000243. The number of hydrogen-bond donors (Lipinski definition) is 1. The fourth-order valence-electron chi connectivity index (χ4n) is 3.93. The van der Waals surface area contributed by atoms with Gasteiger partial charge in [0.15, 0.2) is 5.96 Å². The van der Waals surface area contributed by atoms with Crippen LogP contribution >= 0.6 is 24.0 Å². The highest BCUT2D eigenvalue weighted by molar-refractivity contribution is 14.0. The lowest BCUT2D eigenvalue weighted by Gasteiger charge is -2.27. The minimum absolute atomic E-state index is 0. The first-order valence-corrected chi connectivity index (χ1v) is 9.46. The number of guanidine groups is 1. The van der Waals surface area contributed by atoms with Crippen molar-refractivity contribution in [1.82, 2.24) is 15.1 Å². The van der Waals surface area contributed by atoms with Crippen molar-refractivity contribution >= 4 is 29.9 Å². The normalized spacial score (nSPS) is 24.2. The van der Waals surface area contributed by atoms with Crippen LogP contribution in [0.15, 0.2) is 35.3 Å². The van der Waals surface area contributed by atoms with Crippen LogP contribution in [0.1, 0.15) is 31.4 Å². The molecule has 146 valence electrons. The molecule has 0 bridgehead atoms. The third-order valence-electron chi connectivity index (χ3n) is 5.48. The number of likely N-dealkylation sites (N-methyl/N-ethyl adjacent to an activating group) is 1. The van der Waals surface area contributed by atoms with Gasteiger partial charge in [-0.2, -0.15) is 0 Å². The van der Waals surface area contributed by atoms with E-state index < -0.39 is 0 Å². The Morgan fingerprint density at radius 3 is 2.69 bits per heavy atom. The Labute approximate surface area is 175 Å². The molecule has 6 heteroatoms. The van der Waals surface area contributed by atoms with Crippen molar-refractivity contribution < 1.29 is 4.74 Å². The van der Waals surface area contributed by atoms with Gasteiger partial charge in [0.2, 0.25) is 0 Å². The van der Waals surface area contributed by atoms with Crippen molar-refractivity contribution in [3.8, 4) is 0 Å². The molecule has 1 aromatic rings. The summed E-state index contributed by atoms with van der Waals surface area (Å²) in [6.45, 7) is 7.77. The summed E-state index contributed by atoms with van der Waals surface area (Å²) < 4.78 is 5.66. The van der Waals surface area contributed by atoms with Gasteiger partial charge in [-0.3, -0.25) is 4.99 Å². The molecule has 0 amide bonds. The van der Waals surface area contributed by atoms with Crippen LogP contribution < -0.4 is 5.32 Å². The molecule has 0 aliphatic carbocycles. The third kappa shape index (κ3) is 5.10. The predicted molar refractivity (Wildman–Crippen MR) is 118 cm³/mol. The zero-order chi connectivity index (χ0) is 17.7. The van der Waals surface area contributed by atoms with E-state index in [1.54, 1.807) is 0 Å². The number of nitrogens with one attached hydrogen (secondary N) is 1. The van der Waals surface area contributed by atoms with Crippen molar-refractivity contribution in [1.29, 1.82) is 0 Å². The molecule has 1 aromatic carbocycles. The van der Waals surface area contributed by atoms with Gasteiger partial charge in [0.1, 0.15) is 0 Å². The van der Waals surface area contributed by atoms with Gasteiger partial charge in [0, 0.05) is 31.7 Å². The molecule has 1 spiro atoms. The number of aliphatic imine (C=N–C) groups is 1. The van der Waals surface area contributed by atoms with Gasteiger partial charge in [0.25, 0.3) is 0 Å². The molecule has 0 aromatic heterocycles. The van der Waals surface area contributed by atoms with Gasteiger partial charge in [-0.25, -0.2) is 0 Å². The molecule has 0 saturated carbocycles. The maximum absolute atomic E-state index is 5.66. The van der Waals surface area contributed by atoms with Gasteiger partial charge in [-0.05, 0) is 39.4 Å². The molecule has 3 rings (SSSR count). The molecule has 2 aliphatic heterocycles. The molecule has 2 heterocycles. The molecule has 2 saturated heterocycles. The van der Waals surface area contributed by atoms with Crippen LogP contribution in [0, 0.1) is 5.41 Å². The minimum atomic E-state index is 0. The molecule has 26 heavy (non-hydrogen) atoms. The summed E-state index contributed by atoms with van der Waals surface area (Å²) in [5, 5.41) is 3.49. The van der Waals surface area contributed by atoms with Crippen LogP contribution in [-0.4, -0.2) is 69.2 Å². The molecule has 2 aliphatic rings. The van der Waals surface area contributed by atoms with Gasteiger partial charge < -0.3 is 19.9 Å². The zero-order valence-corrected chi connectivity index (χ0v) is 18.6. The van der Waals surface area contributed by atoms with Gasteiger partial charge >= 0.3 is 0 Å². The number of ether oxygens (including phenoxy) is 1. The van der Waals surface area contributed by atoms with Crippen LogP contribution in [0.5, 0.6) is 0 Å². The maximum Gasteiger partial charge on any atom is 0.194 e. The molecule has 0 radical (unpaired) electrons. The van der Waals surface area contributed by atoms with Gasteiger partial charge in [0.05, 0.1) is 19.2 Å². The average Bonchev–Trinajstić information content (AvgIpc) is 3.25. The molecular weight excluding hydrogens is 439 g/mol. The first kappa shape index (κ1) is 21.4. The zero-order valence-electron chi connectivity index (χ0n) is 16.3. The molecule has 2 fully saturated rings. The van der Waals surface area contributed by atoms with Crippen molar-refractivity contribution in [3.63, 3.8) is 0 Å². The number of nitrogens with zero attached hydrogens (tertiary/aromatic N) is 3. The number of hydrogen-bond acceptors (Lipinski definition) is 3. The summed E-state index contributed by atoms with van der Waals surface area (Å²) in [7, 11) is 4.25. The minimum Gasteiger partial charge on any atom is -0.381 e. The van der Waals surface area contributed by atoms with Crippen LogP contribution in [0.25, 0.3) is 0 Å². The quantitative estimate of drug-likeness (QED) is 0.407. The Morgan fingerprint density at radius 1 is 1.31 bits per heavy atom. The highest BCUT2D eigenvalue weighted by Gasteiger charge is 2.42. The van der Waals surface area contributed by atoms with E-state index >= 15 is 0 Å². The van der Waals surface area contributed by atoms with E-state index in [-0.39, 0.29) is 24.0 Å². The Bertz CT molecular complexity index is 572.